The van der Waals surface area contributed by atoms with Crippen LogP contribution < -0.4 is 10.6 Å². The minimum atomic E-state index is -1.27. The molecular weight excluding hydrogens is 365 g/mol. The highest BCUT2D eigenvalue weighted by Gasteiger charge is 2.52. The van der Waals surface area contributed by atoms with E-state index in [0.717, 1.165) is 24.2 Å². The summed E-state index contributed by atoms with van der Waals surface area (Å²) in [5, 5.41) is 5.47. The molecular formula is C20H26FN3O4. The number of hydrogen-bond donors (Lipinski definition) is 2. The fourth-order valence-electron chi connectivity index (χ4n) is 3.69. The molecule has 0 radical (unpaired) electrons. The summed E-state index contributed by atoms with van der Waals surface area (Å²) < 4.78 is 18.8. The van der Waals surface area contributed by atoms with Gasteiger partial charge in [-0.1, -0.05) is 31.9 Å². The zero-order chi connectivity index (χ0) is 20.1. The molecule has 3 rings (SSSR count). The number of urea groups is 1. The van der Waals surface area contributed by atoms with Crippen LogP contribution in [0.3, 0.4) is 0 Å². The summed E-state index contributed by atoms with van der Waals surface area (Å²) in [5.41, 5.74) is -0.752. The molecule has 1 aromatic rings. The van der Waals surface area contributed by atoms with Gasteiger partial charge in [0.15, 0.2) is 0 Å². The monoisotopic (exact) mass is 391 g/mol. The van der Waals surface area contributed by atoms with E-state index in [2.05, 4.69) is 10.6 Å². The molecule has 152 valence electrons. The molecule has 2 aliphatic heterocycles. The zero-order valence-electron chi connectivity index (χ0n) is 16.0. The molecule has 0 aromatic heterocycles. The predicted octanol–water partition coefficient (Wildman–Crippen LogP) is 2.06. The lowest BCUT2D eigenvalue weighted by Gasteiger charge is -2.27. The molecule has 1 aromatic carbocycles. The van der Waals surface area contributed by atoms with Crippen molar-refractivity contribution in [3.8, 4) is 0 Å². The van der Waals surface area contributed by atoms with E-state index in [1.807, 2.05) is 6.92 Å². The van der Waals surface area contributed by atoms with Crippen molar-refractivity contribution in [1.29, 1.82) is 0 Å². The summed E-state index contributed by atoms with van der Waals surface area (Å²) in [6.45, 7) is 2.68. The van der Waals surface area contributed by atoms with Crippen LogP contribution in [0.25, 0.3) is 0 Å². The summed E-state index contributed by atoms with van der Waals surface area (Å²) in [7, 11) is 0. The zero-order valence-corrected chi connectivity index (χ0v) is 16.0. The number of nitrogens with zero attached hydrogens (tertiary/aromatic N) is 1. The summed E-state index contributed by atoms with van der Waals surface area (Å²) >= 11 is 0. The Balaban J connectivity index is 1.72. The van der Waals surface area contributed by atoms with Crippen molar-refractivity contribution >= 4 is 17.8 Å². The number of halogens is 1. The molecule has 2 fully saturated rings. The molecule has 2 atom stereocenters. The largest absolute Gasteiger partial charge is 0.376 e. The van der Waals surface area contributed by atoms with Crippen molar-refractivity contribution in [3.63, 3.8) is 0 Å². The number of imide groups is 1. The van der Waals surface area contributed by atoms with E-state index < -0.39 is 29.2 Å². The summed E-state index contributed by atoms with van der Waals surface area (Å²) in [6.07, 6.45) is 3.73. The number of ether oxygens (including phenoxy) is 1. The average molecular weight is 391 g/mol. The van der Waals surface area contributed by atoms with Crippen molar-refractivity contribution < 1.29 is 23.5 Å². The lowest BCUT2D eigenvalue weighted by molar-refractivity contribution is -0.135. The van der Waals surface area contributed by atoms with Gasteiger partial charge in [-0.3, -0.25) is 14.5 Å². The first-order valence-corrected chi connectivity index (χ1v) is 9.74. The van der Waals surface area contributed by atoms with Crippen LogP contribution in [0.15, 0.2) is 24.3 Å². The number of carbonyl (C=O) groups excluding carboxylic acids is 3. The lowest BCUT2D eigenvalue weighted by atomic mass is 9.85. The molecule has 7 nitrogen and oxygen atoms in total. The quantitative estimate of drug-likeness (QED) is 0.664. The normalized spacial score (nSPS) is 24.5. The maximum atomic E-state index is 13.3. The fraction of sp³-hybridized carbons (Fsp3) is 0.550. The van der Waals surface area contributed by atoms with Gasteiger partial charge in [-0.15, -0.1) is 0 Å². The summed E-state index contributed by atoms with van der Waals surface area (Å²) in [5.74, 6) is -1.31. The van der Waals surface area contributed by atoms with Crippen LogP contribution in [0, 0.1) is 5.82 Å². The van der Waals surface area contributed by atoms with Gasteiger partial charge >= 0.3 is 6.03 Å². The number of benzene rings is 1. The van der Waals surface area contributed by atoms with Crippen molar-refractivity contribution in [2.75, 3.05) is 19.7 Å². The summed E-state index contributed by atoms with van der Waals surface area (Å²) in [6, 6.07) is 4.92. The second-order valence-electron chi connectivity index (χ2n) is 7.28. The topological polar surface area (TPSA) is 87.7 Å². The van der Waals surface area contributed by atoms with E-state index >= 15 is 0 Å². The number of rotatable bonds is 8. The van der Waals surface area contributed by atoms with Crippen molar-refractivity contribution in [2.45, 2.75) is 50.7 Å². The van der Waals surface area contributed by atoms with Gasteiger partial charge in [0.1, 0.15) is 17.9 Å². The molecule has 0 aliphatic carbocycles. The maximum absolute atomic E-state index is 13.3. The molecule has 0 spiro atoms. The van der Waals surface area contributed by atoms with Gasteiger partial charge in [0.25, 0.3) is 5.91 Å². The Bertz CT molecular complexity index is 733. The number of unbranched alkanes of at least 4 members (excludes halogenated alkanes) is 1. The molecule has 2 aliphatic rings. The molecule has 0 bridgehead atoms. The Kier molecular flexibility index (Phi) is 6.28. The van der Waals surface area contributed by atoms with Gasteiger partial charge in [-0.25, -0.2) is 9.18 Å². The molecule has 2 N–H and O–H groups in total. The van der Waals surface area contributed by atoms with E-state index in [-0.39, 0.29) is 12.6 Å². The van der Waals surface area contributed by atoms with Gasteiger partial charge in [-0.05, 0) is 37.0 Å². The third kappa shape index (κ3) is 4.16. The Hall–Kier alpha value is -2.48. The molecule has 8 heteroatoms. The molecule has 2 heterocycles. The number of carbonyl (C=O) groups is 3. The highest BCUT2D eigenvalue weighted by atomic mass is 19.1. The molecule has 0 saturated carbocycles. The lowest BCUT2D eigenvalue weighted by Crippen LogP contribution is -2.45. The first-order valence-electron chi connectivity index (χ1n) is 9.74. The Morgan fingerprint density at radius 3 is 2.75 bits per heavy atom. The first kappa shape index (κ1) is 20.3. The number of hydrogen-bond acceptors (Lipinski definition) is 4. The smallest absolute Gasteiger partial charge is 0.325 e. The van der Waals surface area contributed by atoms with E-state index in [4.69, 9.17) is 4.74 Å². The van der Waals surface area contributed by atoms with Crippen molar-refractivity contribution in [3.05, 3.63) is 35.6 Å². The van der Waals surface area contributed by atoms with Crippen LogP contribution in [0.5, 0.6) is 0 Å². The van der Waals surface area contributed by atoms with Gasteiger partial charge in [0.2, 0.25) is 5.91 Å². The van der Waals surface area contributed by atoms with Gasteiger partial charge in [0, 0.05) is 13.2 Å². The third-order valence-corrected chi connectivity index (χ3v) is 5.27. The Morgan fingerprint density at radius 2 is 2.11 bits per heavy atom. The van der Waals surface area contributed by atoms with Crippen molar-refractivity contribution in [1.82, 2.24) is 15.5 Å². The highest BCUT2D eigenvalue weighted by molar-refractivity contribution is 6.09. The van der Waals surface area contributed by atoms with E-state index in [1.165, 1.54) is 24.3 Å². The van der Waals surface area contributed by atoms with E-state index in [9.17, 15) is 18.8 Å². The van der Waals surface area contributed by atoms with Gasteiger partial charge < -0.3 is 15.4 Å². The second-order valence-corrected chi connectivity index (χ2v) is 7.28. The molecule has 28 heavy (non-hydrogen) atoms. The van der Waals surface area contributed by atoms with Crippen LogP contribution in [0.1, 0.15) is 44.6 Å². The molecule has 4 amide bonds. The van der Waals surface area contributed by atoms with E-state index in [1.54, 1.807) is 0 Å². The van der Waals surface area contributed by atoms with E-state index in [0.29, 0.717) is 31.6 Å². The highest BCUT2D eigenvalue weighted by Crippen LogP contribution is 2.34. The number of nitrogens with one attached hydrogen (secondary N) is 2. The van der Waals surface area contributed by atoms with Crippen LogP contribution in [0.4, 0.5) is 9.18 Å². The maximum Gasteiger partial charge on any atom is 0.325 e. The number of amides is 4. The second kappa shape index (κ2) is 8.68. The van der Waals surface area contributed by atoms with Gasteiger partial charge in [-0.2, -0.15) is 0 Å². The van der Waals surface area contributed by atoms with Crippen LogP contribution in [0.2, 0.25) is 0 Å². The minimum absolute atomic E-state index is 0.0186. The SMILES string of the molecule is CCCC[C@]1(c2ccc(F)cc2)NC(=O)N(CC(=O)NC[C@@H]2CCCO2)C1=O. The average Bonchev–Trinajstić information content (AvgIpc) is 3.28. The van der Waals surface area contributed by atoms with Crippen LogP contribution in [-0.4, -0.2) is 48.5 Å². The minimum Gasteiger partial charge on any atom is -0.376 e. The fourth-order valence-corrected chi connectivity index (χ4v) is 3.69. The third-order valence-electron chi connectivity index (χ3n) is 5.27. The van der Waals surface area contributed by atoms with Crippen molar-refractivity contribution in [2.24, 2.45) is 0 Å². The standard InChI is InChI=1S/C20H26FN3O4/c1-2-3-10-20(14-6-8-15(21)9-7-14)18(26)24(19(27)23-20)13-17(25)22-12-16-5-4-11-28-16/h6-9,16H,2-5,10-13H2,1H3,(H,22,25)(H,23,27)/t16-,20+/m0/s1. The van der Waals surface area contributed by atoms with Crippen LogP contribution >= 0.6 is 0 Å². The Labute approximate surface area is 163 Å². The molecule has 0 unspecified atom stereocenters. The Morgan fingerprint density at radius 1 is 1.36 bits per heavy atom. The van der Waals surface area contributed by atoms with Crippen LogP contribution in [-0.2, 0) is 19.9 Å². The predicted molar refractivity (Wildman–Crippen MR) is 99.8 cm³/mol. The molecule has 2 saturated heterocycles. The summed E-state index contributed by atoms with van der Waals surface area (Å²) in [4.78, 5) is 38.9. The van der Waals surface area contributed by atoms with Gasteiger partial charge in [0.05, 0.1) is 6.10 Å². The first-order chi connectivity index (χ1) is 13.5.